The minimum atomic E-state index is -0.603. The molecule has 1 rings (SSSR count). The van der Waals surface area contributed by atoms with Crippen LogP contribution in [-0.4, -0.2) is 24.4 Å². The Morgan fingerprint density at radius 3 is 3.07 bits per heavy atom. The normalized spacial score (nSPS) is 10.1. The lowest BCUT2D eigenvalue weighted by Gasteiger charge is -1.96. The number of carbonyl (C=O) groups excluding carboxylic acids is 1. The van der Waals surface area contributed by atoms with E-state index in [9.17, 15) is 4.79 Å². The van der Waals surface area contributed by atoms with Gasteiger partial charge in [0.2, 0.25) is 0 Å². The molecule has 0 aliphatic carbocycles. The van der Waals surface area contributed by atoms with Gasteiger partial charge in [-0.2, -0.15) is 5.10 Å². The van der Waals surface area contributed by atoms with Crippen LogP contribution in [-0.2, 0) is 4.74 Å². The minimum absolute atomic E-state index is 0.603. The maximum Gasteiger partial charge on any atom is 0.427 e. The van der Waals surface area contributed by atoms with E-state index in [-0.39, 0.29) is 0 Å². The third-order valence-electron chi connectivity index (χ3n) is 1.45. The van der Waals surface area contributed by atoms with Crippen LogP contribution in [0.4, 0.5) is 4.79 Å². The summed E-state index contributed by atoms with van der Waals surface area (Å²) in [6.07, 6.45) is 0.845. The zero-order chi connectivity index (χ0) is 10.4. The summed E-state index contributed by atoms with van der Waals surface area (Å²) in [5, 5.41) is 3.64. The highest BCUT2D eigenvalue weighted by molar-refractivity contribution is 5.78. The van der Waals surface area contributed by atoms with Crippen LogP contribution in [0.5, 0.6) is 0 Å². The van der Waals surface area contributed by atoms with Gasteiger partial charge in [-0.1, -0.05) is 6.07 Å². The third-order valence-corrected chi connectivity index (χ3v) is 1.45. The quantitative estimate of drug-likeness (QED) is 0.564. The van der Waals surface area contributed by atoms with Gasteiger partial charge in [0.1, 0.15) is 0 Å². The fourth-order valence-electron chi connectivity index (χ4n) is 0.833. The van der Waals surface area contributed by atoms with E-state index in [4.69, 9.17) is 0 Å². The van der Waals surface area contributed by atoms with Gasteiger partial charge in [-0.15, -0.1) is 0 Å². The van der Waals surface area contributed by atoms with Gasteiger partial charge < -0.3 is 4.74 Å². The van der Waals surface area contributed by atoms with Gasteiger partial charge in [-0.25, -0.2) is 10.2 Å². The van der Waals surface area contributed by atoms with Gasteiger partial charge in [0.05, 0.1) is 19.0 Å². The van der Waals surface area contributed by atoms with Crippen LogP contribution in [0.1, 0.15) is 11.4 Å². The van der Waals surface area contributed by atoms with Crippen LogP contribution in [0.2, 0.25) is 0 Å². The molecule has 74 valence electrons. The molecule has 0 aliphatic heterocycles. The first-order valence-corrected chi connectivity index (χ1v) is 4.03. The van der Waals surface area contributed by atoms with Crippen molar-refractivity contribution >= 4 is 12.3 Å². The highest BCUT2D eigenvalue weighted by atomic mass is 16.5. The van der Waals surface area contributed by atoms with Crippen molar-refractivity contribution in [1.82, 2.24) is 10.4 Å². The fourth-order valence-corrected chi connectivity index (χ4v) is 0.833. The lowest BCUT2D eigenvalue weighted by atomic mass is 10.3. The maximum absolute atomic E-state index is 10.6. The van der Waals surface area contributed by atoms with E-state index in [1.54, 1.807) is 6.07 Å². The Bertz CT molecular complexity index is 350. The summed E-state index contributed by atoms with van der Waals surface area (Å²) in [6.45, 7) is 1.88. The minimum Gasteiger partial charge on any atom is -0.452 e. The first kappa shape index (κ1) is 10.2. The highest BCUT2D eigenvalue weighted by Crippen LogP contribution is 1.94. The zero-order valence-corrected chi connectivity index (χ0v) is 8.02. The fraction of sp³-hybridized carbons (Fsp3) is 0.222. The molecule has 1 amide bonds. The van der Waals surface area contributed by atoms with Crippen LogP contribution in [0, 0.1) is 6.92 Å². The number of methoxy groups -OCH3 is 1. The van der Waals surface area contributed by atoms with Crippen molar-refractivity contribution in [2.75, 3.05) is 7.11 Å². The van der Waals surface area contributed by atoms with Crippen molar-refractivity contribution in [2.24, 2.45) is 5.10 Å². The number of ether oxygens (including phenoxy) is 1. The summed E-state index contributed by atoms with van der Waals surface area (Å²) in [7, 11) is 1.27. The molecule has 0 saturated heterocycles. The van der Waals surface area contributed by atoms with Gasteiger partial charge in [-0.05, 0) is 19.1 Å². The number of aryl methyl sites for hydroxylation is 1. The van der Waals surface area contributed by atoms with Gasteiger partial charge in [0, 0.05) is 5.69 Å². The number of hydrogen-bond donors (Lipinski definition) is 1. The first-order chi connectivity index (χ1) is 6.72. The van der Waals surface area contributed by atoms with Crippen molar-refractivity contribution in [3.05, 3.63) is 29.6 Å². The van der Waals surface area contributed by atoms with Crippen molar-refractivity contribution < 1.29 is 9.53 Å². The summed E-state index contributed by atoms with van der Waals surface area (Å²) in [5.41, 5.74) is 3.75. The molecule has 0 fully saturated rings. The molecule has 0 spiro atoms. The molecule has 5 heteroatoms. The van der Waals surface area contributed by atoms with E-state index in [0.29, 0.717) is 5.69 Å². The molecule has 5 nitrogen and oxygen atoms in total. The van der Waals surface area contributed by atoms with Crippen LogP contribution in [0.25, 0.3) is 0 Å². The zero-order valence-electron chi connectivity index (χ0n) is 8.02. The average Bonchev–Trinajstić information content (AvgIpc) is 2.17. The van der Waals surface area contributed by atoms with E-state index in [2.05, 4.69) is 20.2 Å². The molecular weight excluding hydrogens is 182 g/mol. The number of hydrazone groups is 1. The van der Waals surface area contributed by atoms with Gasteiger partial charge in [0.15, 0.2) is 0 Å². The highest BCUT2D eigenvalue weighted by Gasteiger charge is 1.93. The van der Waals surface area contributed by atoms with Crippen molar-refractivity contribution in [1.29, 1.82) is 0 Å². The molecule has 14 heavy (non-hydrogen) atoms. The number of carbonyl (C=O) groups is 1. The molecule has 1 N–H and O–H groups in total. The second-order valence-corrected chi connectivity index (χ2v) is 2.57. The van der Waals surface area contributed by atoms with E-state index in [1.165, 1.54) is 13.3 Å². The summed E-state index contributed by atoms with van der Waals surface area (Å²) < 4.78 is 4.33. The van der Waals surface area contributed by atoms with Gasteiger partial charge >= 0.3 is 6.09 Å². The monoisotopic (exact) mass is 193 g/mol. The lowest BCUT2D eigenvalue weighted by Crippen LogP contribution is -2.16. The molecule has 0 atom stereocenters. The van der Waals surface area contributed by atoms with Crippen LogP contribution in [0.15, 0.2) is 23.3 Å². The number of rotatable bonds is 2. The standard InChI is InChI=1S/C9H11N3O2/c1-7-4-3-5-8(11-7)6-10-12-9(13)14-2/h3-6H,1-2H3,(H,12,13)/b10-6+. The maximum atomic E-state index is 10.6. The molecule has 0 bridgehead atoms. The Labute approximate surface area is 81.8 Å². The summed E-state index contributed by atoms with van der Waals surface area (Å²) in [4.78, 5) is 14.8. The molecular formula is C9H11N3O2. The van der Waals surface area contributed by atoms with Crippen LogP contribution < -0.4 is 5.43 Å². The van der Waals surface area contributed by atoms with E-state index >= 15 is 0 Å². The van der Waals surface area contributed by atoms with Gasteiger partial charge in [0.25, 0.3) is 0 Å². The largest absolute Gasteiger partial charge is 0.452 e. The number of aromatic nitrogens is 1. The number of hydrogen-bond acceptors (Lipinski definition) is 4. The molecule has 1 aromatic heterocycles. The summed E-state index contributed by atoms with van der Waals surface area (Å²) in [5.74, 6) is 0. The number of amides is 1. The topological polar surface area (TPSA) is 63.6 Å². The molecule has 0 radical (unpaired) electrons. The molecule has 0 aliphatic rings. The Hall–Kier alpha value is -1.91. The average molecular weight is 193 g/mol. The summed E-state index contributed by atoms with van der Waals surface area (Å²) in [6, 6.07) is 5.53. The van der Waals surface area contributed by atoms with E-state index < -0.39 is 6.09 Å². The van der Waals surface area contributed by atoms with E-state index in [0.717, 1.165) is 5.69 Å². The summed E-state index contributed by atoms with van der Waals surface area (Å²) >= 11 is 0. The van der Waals surface area contributed by atoms with Crippen LogP contribution >= 0.6 is 0 Å². The second kappa shape index (κ2) is 4.96. The molecule has 1 heterocycles. The van der Waals surface area contributed by atoms with Crippen LogP contribution in [0.3, 0.4) is 0 Å². The Morgan fingerprint density at radius 1 is 1.64 bits per heavy atom. The Kier molecular flexibility index (Phi) is 3.60. The molecule has 0 unspecified atom stereocenters. The first-order valence-electron chi connectivity index (χ1n) is 4.03. The van der Waals surface area contributed by atoms with Gasteiger partial charge in [-0.3, -0.25) is 4.98 Å². The molecule has 0 saturated carbocycles. The SMILES string of the molecule is COC(=O)N/N=C/c1cccc(C)n1. The predicted molar refractivity (Wildman–Crippen MR) is 52.1 cm³/mol. The smallest absolute Gasteiger partial charge is 0.427 e. The Balaban J connectivity index is 2.56. The number of nitrogens with zero attached hydrogens (tertiary/aromatic N) is 2. The molecule has 0 aromatic carbocycles. The third kappa shape index (κ3) is 3.22. The Morgan fingerprint density at radius 2 is 2.43 bits per heavy atom. The number of nitrogens with one attached hydrogen (secondary N) is 1. The van der Waals surface area contributed by atoms with E-state index in [1.807, 2.05) is 19.1 Å². The second-order valence-electron chi connectivity index (χ2n) is 2.57. The lowest BCUT2D eigenvalue weighted by molar-refractivity contribution is 0.171. The molecule has 1 aromatic rings. The van der Waals surface area contributed by atoms with Crippen molar-refractivity contribution in [2.45, 2.75) is 6.92 Å². The number of pyridine rings is 1. The van der Waals surface area contributed by atoms with Crippen molar-refractivity contribution in [3.63, 3.8) is 0 Å². The predicted octanol–water partition coefficient (Wildman–Crippen LogP) is 1.08. The van der Waals surface area contributed by atoms with Crippen molar-refractivity contribution in [3.8, 4) is 0 Å².